The summed E-state index contributed by atoms with van der Waals surface area (Å²) < 4.78 is 14.4. The zero-order valence-corrected chi connectivity index (χ0v) is 22.1. The number of aromatic nitrogens is 4. The SMILES string of the molecule is CN1CCCC1CCOc1ccc(-c2nc3c(OC4(C)CC4)ncnc3n2Cc2ccccc2)c(Cl)c1. The molecule has 0 amide bonds. The first-order valence-electron chi connectivity index (χ1n) is 13.1. The van der Waals surface area contributed by atoms with Crippen LogP contribution < -0.4 is 9.47 Å². The fourth-order valence-electron chi connectivity index (χ4n) is 5.05. The molecular weight excluding hydrogens is 486 g/mol. The maximum atomic E-state index is 6.84. The summed E-state index contributed by atoms with van der Waals surface area (Å²) in [5.41, 5.74) is 3.17. The van der Waals surface area contributed by atoms with Gasteiger partial charge in [0.25, 0.3) is 0 Å². The zero-order valence-electron chi connectivity index (χ0n) is 21.4. The Morgan fingerprint density at radius 1 is 1.11 bits per heavy atom. The van der Waals surface area contributed by atoms with E-state index in [0.29, 0.717) is 35.6 Å². The maximum absolute atomic E-state index is 6.84. The van der Waals surface area contributed by atoms with Gasteiger partial charge in [0.15, 0.2) is 11.2 Å². The van der Waals surface area contributed by atoms with Gasteiger partial charge in [0.1, 0.15) is 23.5 Å². The quantitative estimate of drug-likeness (QED) is 0.272. The van der Waals surface area contributed by atoms with Crippen molar-refractivity contribution in [2.24, 2.45) is 0 Å². The molecule has 2 aliphatic rings. The molecule has 1 atom stereocenters. The van der Waals surface area contributed by atoms with Crippen molar-refractivity contribution < 1.29 is 9.47 Å². The molecule has 8 heteroatoms. The number of likely N-dealkylation sites (tertiary alicyclic amines) is 1. The van der Waals surface area contributed by atoms with Gasteiger partial charge in [-0.05, 0) is 76.4 Å². The van der Waals surface area contributed by atoms with Gasteiger partial charge < -0.3 is 18.9 Å². The van der Waals surface area contributed by atoms with Crippen LogP contribution in [0.5, 0.6) is 11.6 Å². The monoisotopic (exact) mass is 517 g/mol. The molecular formula is C29H32ClN5O2. The lowest BCUT2D eigenvalue weighted by Gasteiger charge is -2.19. The normalized spacial score (nSPS) is 18.8. The molecule has 4 aromatic rings. The number of ether oxygens (including phenoxy) is 2. The summed E-state index contributed by atoms with van der Waals surface area (Å²) in [6.07, 6.45) is 7.10. The Hall–Kier alpha value is -3.16. The van der Waals surface area contributed by atoms with Crippen molar-refractivity contribution in [3.05, 3.63) is 65.4 Å². The van der Waals surface area contributed by atoms with Crippen molar-refractivity contribution >= 4 is 22.8 Å². The highest BCUT2D eigenvalue weighted by molar-refractivity contribution is 6.33. The van der Waals surface area contributed by atoms with Gasteiger partial charge in [-0.25, -0.2) is 9.97 Å². The Labute approximate surface area is 222 Å². The van der Waals surface area contributed by atoms with Crippen LogP contribution in [0.15, 0.2) is 54.9 Å². The van der Waals surface area contributed by atoms with Gasteiger partial charge in [-0.1, -0.05) is 41.9 Å². The summed E-state index contributed by atoms with van der Waals surface area (Å²) in [4.78, 5) is 16.4. The Balaban J connectivity index is 1.32. The van der Waals surface area contributed by atoms with Crippen molar-refractivity contribution in [2.75, 3.05) is 20.2 Å². The van der Waals surface area contributed by atoms with Crippen LogP contribution in [0, 0.1) is 0 Å². The number of imidazole rings is 1. The molecule has 0 radical (unpaired) electrons. The predicted molar refractivity (Wildman–Crippen MR) is 145 cm³/mol. The van der Waals surface area contributed by atoms with Gasteiger partial charge in [0.05, 0.1) is 18.2 Å². The first kappa shape index (κ1) is 24.2. The summed E-state index contributed by atoms with van der Waals surface area (Å²) >= 11 is 6.84. The molecule has 37 heavy (non-hydrogen) atoms. The molecule has 0 bridgehead atoms. The molecule has 1 saturated carbocycles. The van der Waals surface area contributed by atoms with Crippen LogP contribution in [0.3, 0.4) is 0 Å². The average molecular weight is 518 g/mol. The number of benzene rings is 2. The fraction of sp³-hybridized carbons (Fsp3) is 0.414. The number of halogens is 1. The standard InChI is InChI=1S/C29H32ClN5O2/c1-29(13-14-29)37-28-25-27(31-19-32-28)35(18-20-7-4-3-5-8-20)26(33-25)23-11-10-22(17-24(23)30)36-16-12-21-9-6-15-34(21)2/h3-5,7-8,10-11,17,19,21H,6,9,12-16,18H2,1-2H3. The van der Waals surface area contributed by atoms with Crippen LogP contribution in [0.4, 0.5) is 0 Å². The third-order valence-electron chi connectivity index (χ3n) is 7.55. The second kappa shape index (κ2) is 9.95. The largest absolute Gasteiger partial charge is 0.493 e. The molecule has 2 aromatic heterocycles. The topological polar surface area (TPSA) is 65.3 Å². The van der Waals surface area contributed by atoms with Crippen molar-refractivity contribution in [2.45, 2.75) is 57.2 Å². The highest BCUT2D eigenvalue weighted by Crippen LogP contribution is 2.41. The second-order valence-corrected chi connectivity index (χ2v) is 10.9. The van der Waals surface area contributed by atoms with Crippen LogP contribution in [0.25, 0.3) is 22.6 Å². The third kappa shape index (κ3) is 5.15. The van der Waals surface area contributed by atoms with E-state index >= 15 is 0 Å². The maximum Gasteiger partial charge on any atom is 0.245 e. The number of hydrogen-bond donors (Lipinski definition) is 0. The van der Waals surface area contributed by atoms with Gasteiger partial charge >= 0.3 is 0 Å². The van der Waals surface area contributed by atoms with Crippen LogP contribution in [0.2, 0.25) is 5.02 Å². The summed E-state index contributed by atoms with van der Waals surface area (Å²) in [5.74, 6) is 2.02. The van der Waals surface area contributed by atoms with Crippen LogP contribution in [-0.4, -0.2) is 56.3 Å². The number of hydrogen-bond acceptors (Lipinski definition) is 6. The minimum absolute atomic E-state index is 0.172. The highest BCUT2D eigenvalue weighted by Gasteiger charge is 2.41. The van der Waals surface area contributed by atoms with E-state index in [-0.39, 0.29) is 5.60 Å². The number of rotatable bonds is 9. The first-order chi connectivity index (χ1) is 18.0. The van der Waals surface area contributed by atoms with E-state index in [1.54, 1.807) is 6.33 Å². The molecule has 2 fully saturated rings. The molecule has 1 unspecified atom stereocenters. The Kier molecular flexibility index (Phi) is 6.51. The van der Waals surface area contributed by atoms with Gasteiger partial charge in [-0.2, -0.15) is 4.98 Å². The third-order valence-corrected chi connectivity index (χ3v) is 7.86. The van der Waals surface area contributed by atoms with E-state index in [4.69, 9.17) is 26.1 Å². The van der Waals surface area contributed by atoms with Gasteiger partial charge in [-0.3, -0.25) is 0 Å². The predicted octanol–water partition coefficient (Wildman–Crippen LogP) is 5.99. The molecule has 7 nitrogen and oxygen atoms in total. The van der Waals surface area contributed by atoms with Gasteiger partial charge in [-0.15, -0.1) is 0 Å². The lowest BCUT2D eigenvalue weighted by Crippen LogP contribution is -2.26. The molecule has 192 valence electrons. The van der Waals surface area contributed by atoms with E-state index in [2.05, 4.69) is 45.5 Å². The van der Waals surface area contributed by atoms with Crippen molar-refractivity contribution in [3.63, 3.8) is 0 Å². The molecule has 1 saturated heterocycles. The highest BCUT2D eigenvalue weighted by atomic mass is 35.5. The number of nitrogens with zero attached hydrogens (tertiary/aromatic N) is 5. The second-order valence-electron chi connectivity index (χ2n) is 10.5. The zero-order chi connectivity index (χ0) is 25.4. The van der Waals surface area contributed by atoms with Crippen LogP contribution >= 0.6 is 11.6 Å². The van der Waals surface area contributed by atoms with Crippen molar-refractivity contribution in [1.82, 2.24) is 24.4 Å². The molecule has 2 aromatic carbocycles. The molecule has 1 aliphatic heterocycles. The lowest BCUT2D eigenvalue weighted by atomic mass is 10.1. The smallest absolute Gasteiger partial charge is 0.245 e. The van der Waals surface area contributed by atoms with E-state index in [1.807, 2.05) is 36.4 Å². The average Bonchev–Trinajstić information content (AvgIpc) is 3.30. The van der Waals surface area contributed by atoms with Crippen LogP contribution in [0.1, 0.15) is 44.6 Å². The van der Waals surface area contributed by atoms with Gasteiger partial charge in [0, 0.05) is 11.6 Å². The summed E-state index contributed by atoms with van der Waals surface area (Å²) in [6, 6.07) is 16.7. The molecule has 0 spiro atoms. The van der Waals surface area contributed by atoms with Crippen LogP contribution in [-0.2, 0) is 6.54 Å². The first-order valence-corrected chi connectivity index (χ1v) is 13.4. The van der Waals surface area contributed by atoms with Gasteiger partial charge in [0.2, 0.25) is 5.88 Å². The lowest BCUT2D eigenvalue weighted by molar-refractivity contribution is 0.194. The minimum Gasteiger partial charge on any atom is -0.493 e. The van der Waals surface area contributed by atoms with E-state index in [1.165, 1.54) is 19.4 Å². The molecule has 1 aliphatic carbocycles. The minimum atomic E-state index is -0.172. The van der Waals surface area contributed by atoms with E-state index < -0.39 is 0 Å². The van der Waals surface area contributed by atoms with Crippen molar-refractivity contribution in [1.29, 1.82) is 0 Å². The van der Waals surface area contributed by atoms with Crippen molar-refractivity contribution in [3.8, 4) is 23.0 Å². The summed E-state index contributed by atoms with van der Waals surface area (Å²) in [5, 5.41) is 0.588. The Morgan fingerprint density at radius 3 is 2.68 bits per heavy atom. The molecule has 0 N–H and O–H groups in total. The Morgan fingerprint density at radius 2 is 1.95 bits per heavy atom. The van der Waals surface area contributed by atoms with E-state index in [9.17, 15) is 0 Å². The summed E-state index contributed by atoms with van der Waals surface area (Å²) in [7, 11) is 2.19. The molecule has 6 rings (SSSR count). The number of fused-ring (bicyclic) bond motifs is 1. The molecule has 3 heterocycles. The van der Waals surface area contributed by atoms with E-state index in [0.717, 1.165) is 47.6 Å². The Bertz CT molecular complexity index is 1400. The fourth-order valence-corrected chi connectivity index (χ4v) is 5.30. The summed E-state index contributed by atoms with van der Waals surface area (Å²) in [6.45, 7) is 4.55.